The van der Waals surface area contributed by atoms with Crippen LogP contribution in [0.25, 0.3) is 0 Å². The number of aromatic nitrogens is 1. The SMILES string of the molecule is Cc1ccc(CNC(=O)Nc2cccc(CSc3ccccn3)c2)cc1. The highest BCUT2D eigenvalue weighted by molar-refractivity contribution is 7.98. The van der Waals surface area contributed by atoms with Gasteiger partial charge in [-0.15, -0.1) is 11.8 Å². The lowest BCUT2D eigenvalue weighted by Gasteiger charge is -2.09. The maximum Gasteiger partial charge on any atom is 0.319 e. The van der Waals surface area contributed by atoms with Gasteiger partial charge in [-0.2, -0.15) is 0 Å². The van der Waals surface area contributed by atoms with Crippen LogP contribution in [0.5, 0.6) is 0 Å². The largest absolute Gasteiger partial charge is 0.334 e. The van der Waals surface area contributed by atoms with Crippen LogP contribution < -0.4 is 10.6 Å². The lowest BCUT2D eigenvalue weighted by atomic mass is 10.1. The van der Waals surface area contributed by atoms with E-state index < -0.39 is 0 Å². The number of amides is 2. The Bertz CT molecular complexity index is 851. The Morgan fingerprint density at radius 3 is 2.62 bits per heavy atom. The van der Waals surface area contributed by atoms with E-state index in [-0.39, 0.29) is 6.03 Å². The van der Waals surface area contributed by atoms with Gasteiger partial charge in [-0.3, -0.25) is 0 Å². The molecule has 3 rings (SSSR count). The molecule has 3 aromatic rings. The van der Waals surface area contributed by atoms with Crippen LogP contribution in [0, 0.1) is 6.92 Å². The summed E-state index contributed by atoms with van der Waals surface area (Å²) < 4.78 is 0. The Labute approximate surface area is 158 Å². The highest BCUT2D eigenvalue weighted by Crippen LogP contribution is 2.22. The van der Waals surface area contributed by atoms with Gasteiger partial charge in [0, 0.05) is 24.2 Å². The number of nitrogens with zero attached hydrogens (tertiary/aromatic N) is 1. The fraction of sp³-hybridized carbons (Fsp3) is 0.143. The van der Waals surface area contributed by atoms with Crippen molar-refractivity contribution in [2.24, 2.45) is 0 Å². The molecule has 26 heavy (non-hydrogen) atoms. The summed E-state index contributed by atoms with van der Waals surface area (Å²) in [4.78, 5) is 16.4. The summed E-state index contributed by atoms with van der Waals surface area (Å²) in [5.41, 5.74) is 4.20. The van der Waals surface area contributed by atoms with Gasteiger partial charge in [-0.1, -0.05) is 48.0 Å². The van der Waals surface area contributed by atoms with Gasteiger partial charge < -0.3 is 10.6 Å². The van der Waals surface area contributed by atoms with E-state index in [2.05, 4.69) is 15.6 Å². The number of carbonyl (C=O) groups excluding carboxylic acids is 1. The number of thioether (sulfide) groups is 1. The van der Waals surface area contributed by atoms with Gasteiger partial charge in [-0.25, -0.2) is 9.78 Å². The summed E-state index contributed by atoms with van der Waals surface area (Å²) in [5, 5.41) is 6.75. The zero-order valence-corrected chi connectivity index (χ0v) is 15.4. The van der Waals surface area contributed by atoms with Crippen LogP contribution in [-0.2, 0) is 12.3 Å². The van der Waals surface area contributed by atoms with Crippen LogP contribution in [0.4, 0.5) is 10.5 Å². The number of carbonyl (C=O) groups is 1. The third-order valence-electron chi connectivity index (χ3n) is 3.78. The van der Waals surface area contributed by atoms with Gasteiger partial charge in [0.25, 0.3) is 0 Å². The second-order valence-corrected chi connectivity index (χ2v) is 6.95. The summed E-state index contributed by atoms with van der Waals surface area (Å²) >= 11 is 1.67. The fourth-order valence-electron chi connectivity index (χ4n) is 2.39. The van der Waals surface area contributed by atoms with E-state index in [1.165, 1.54) is 5.56 Å². The zero-order valence-electron chi connectivity index (χ0n) is 14.6. The minimum absolute atomic E-state index is 0.208. The van der Waals surface area contributed by atoms with E-state index in [1.807, 2.05) is 73.7 Å². The number of benzene rings is 2. The van der Waals surface area contributed by atoms with E-state index >= 15 is 0 Å². The Morgan fingerprint density at radius 2 is 1.85 bits per heavy atom. The highest BCUT2D eigenvalue weighted by atomic mass is 32.2. The Hall–Kier alpha value is -2.79. The maximum absolute atomic E-state index is 12.1. The standard InChI is InChI=1S/C21H21N3OS/c1-16-8-10-17(11-9-16)14-23-21(25)24-19-6-4-5-18(13-19)15-26-20-7-2-3-12-22-20/h2-13H,14-15H2,1H3,(H2,23,24,25). The lowest BCUT2D eigenvalue weighted by molar-refractivity contribution is 0.251. The molecule has 1 aromatic heterocycles. The Balaban J connectivity index is 1.51. The predicted octanol–water partition coefficient (Wildman–Crippen LogP) is 5.00. The number of pyridine rings is 1. The van der Waals surface area contributed by atoms with Crippen molar-refractivity contribution in [1.29, 1.82) is 0 Å². The first-order valence-electron chi connectivity index (χ1n) is 8.42. The molecule has 2 aromatic carbocycles. The number of hydrogen-bond acceptors (Lipinski definition) is 3. The number of anilines is 1. The third kappa shape index (κ3) is 5.63. The lowest BCUT2D eigenvalue weighted by Crippen LogP contribution is -2.28. The molecule has 0 aliphatic heterocycles. The molecule has 1 heterocycles. The van der Waals surface area contributed by atoms with Gasteiger partial charge in [0.05, 0.1) is 5.03 Å². The summed E-state index contributed by atoms with van der Waals surface area (Å²) in [6.45, 7) is 2.55. The Kier molecular flexibility index (Phi) is 6.28. The first-order chi connectivity index (χ1) is 12.7. The van der Waals surface area contributed by atoms with Gasteiger partial charge in [-0.05, 0) is 42.3 Å². The molecule has 0 spiro atoms. The molecular weight excluding hydrogens is 342 g/mol. The summed E-state index contributed by atoms with van der Waals surface area (Å²) in [7, 11) is 0. The minimum Gasteiger partial charge on any atom is -0.334 e. The van der Waals surface area contributed by atoms with Gasteiger partial charge in [0.2, 0.25) is 0 Å². The molecule has 0 radical (unpaired) electrons. The van der Waals surface area contributed by atoms with E-state index in [4.69, 9.17) is 0 Å². The smallest absolute Gasteiger partial charge is 0.319 e. The average Bonchev–Trinajstić information content (AvgIpc) is 2.67. The van der Waals surface area contributed by atoms with Crippen LogP contribution in [0.2, 0.25) is 0 Å². The van der Waals surface area contributed by atoms with Crippen molar-refractivity contribution in [3.63, 3.8) is 0 Å². The first-order valence-corrected chi connectivity index (χ1v) is 9.41. The highest BCUT2D eigenvalue weighted by Gasteiger charge is 2.03. The molecule has 0 unspecified atom stereocenters. The van der Waals surface area contributed by atoms with Gasteiger partial charge in [0.1, 0.15) is 0 Å². The van der Waals surface area contributed by atoms with Crippen LogP contribution >= 0.6 is 11.8 Å². The number of nitrogens with one attached hydrogen (secondary N) is 2. The topological polar surface area (TPSA) is 54.0 Å². The van der Waals surface area contributed by atoms with Crippen molar-refractivity contribution in [3.8, 4) is 0 Å². The number of rotatable bonds is 6. The minimum atomic E-state index is -0.208. The molecule has 0 aliphatic rings. The molecule has 0 atom stereocenters. The van der Waals surface area contributed by atoms with Crippen LogP contribution in [0.3, 0.4) is 0 Å². The monoisotopic (exact) mass is 363 g/mol. The zero-order chi connectivity index (χ0) is 18.2. The van der Waals surface area contributed by atoms with E-state index in [9.17, 15) is 4.79 Å². The molecule has 0 bridgehead atoms. The molecule has 0 fully saturated rings. The van der Waals surface area contributed by atoms with Crippen LogP contribution in [0.15, 0.2) is 78.0 Å². The molecule has 2 N–H and O–H groups in total. The van der Waals surface area contributed by atoms with Gasteiger partial charge in [0.15, 0.2) is 0 Å². The molecule has 132 valence electrons. The van der Waals surface area contributed by atoms with Crippen LogP contribution in [0.1, 0.15) is 16.7 Å². The maximum atomic E-state index is 12.1. The van der Waals surface area contributed by atoms with E-state index in [0.717, 1.165) is 27.6 Å². The fourth-order valence-corrected chi connectivity index (χ4v) is 3.20. The molecule has 0 saturated heterocycles. The molecule has 0 aliphatic carbocycles. The third-order valence-corrected chi connectivity index (χ3v) is 4.80. The Morgan fingerprint density at radius 1 is 1.00 bits per heavy atom. The van der Waals surface area contributed by atoms with Crippen LogP contribution in [-0.4, -0.2) is 11.0 Å². The molecular formula is C21H21N3OS. The summed E-state index contributed by atoms with van der Waals surface area (Å²) in [6.07, 6.45) is 1.79. The first kappa shape index (κ1) is 18.0. The summed E-state index contributed by atoms with van der Waals surface area (Å²) in [6, 6.07) is 21.7. The van der Waals surface area contributed by atoms with Crippen molar-refractivity contribution in [3.05, 3.63) is 89.6 Å². The van der Waals surface area contributed by atoms with Crippen molar-refractivity contribution in [2.75, 3.05) is 5.32 Å². The average molecular weight is 363 g/mol. The molecule has 0 saturated carbocycles. The van der Waals surface area contributed by atoms with Crippen molar-refractivity contribution in [1.82, 2.24) is 10.3 Å². The molecule has 4 nitrogen and oxygen atoms in total. The normalized spacial score (nSPS) is 10.3. The molecule has 2 amide bonds. The second-order valence-electron chi connectivity index (χ2n) is 5.95. The molecule has 5 heteroatoms. The quantitative estimate of drug-likeness (QED) is 0.606. The predicted molar refractivity (Wildman–Crippen MR) is 107 cm³/mol. The van der Waals surface area contributed by atoms with E-state index in [1.54, 1.807) is 18.0 Å². The second kappa shape index (κ2) is 9.06. The summed E-state index contributed by atoms with van der Waals surface area (Å²) in [5.74, 6) is 0.803. The van der Waals surface area contributed by atoms with Crippen molar-refractivity contribution in [2.45, 2.75) is 24.2 Å². The van der Waals surface area contributed by atoms with Crippen molar-refractivity contribution < 1.29 is 4.79 Å². The number of aryl methyl sites for hydroxylation is 1. The van der Waals surface area contributed by atoms with Crippen molar-refractivity contribution >= 4 is 23.5 Å². The number of urea groups is 1. The van der Waals surface area contributed by atoms with E-state index in [0.29, 0.717) is 6.54 Å². The van der Waals surface area contributed by atoms with Gasteiger partial charge >= 0.3 is 6.03 Å². The number of hydrogen-bond donors (Lipinski definition) is 2.